The van der Waals surface area contributed by atoms with Crippen molar-refractivity contribution in [1.82, 2.24) is 9.38 Å². The molecule has 3 aromatic carbocycles. The van der Waals surface area contributed by atoms with E-state index in [0.717, 1.165) is 16.1 Å². The van der Waals surface area contributed by atoms with Crippen LogP contribution in [-0.4, -0.2) is 21.9 Å². The topological polar surface area (TPSA) is 55.6 Å². The molecule has 1 N–H and O–H groups in total. The number of hydrogen-bond donors (Lipinski definition) is 1. The molecule has 0 saturated carbocycles. The lowest BCUT2D eigenvalue weighted by Crippen LogP contribution is -2.21. The van der Waals surface area contributed by atoms with Crippen molar-refractivity contribution in [3.63, 3.8) is 0 Å². The van der Waals surface area contributed by atoms with Gasteiger partial charge in [-0.2, -0.15) is 0 Å². The van der Waals surface area contributed by atoms with Gasteiger partial charge in [0.15, 0.2) is 11.6 Å². The fourth-order valence-electron chi connectivity index (χ4n) is 3.47. The van der Waals surface area contributed by atoms with Gasteiger partial charge in [-0.05, 0) is 35.9 Å². The number of thiazole rings is 1. The van der Waals surface area contributed by atoms with Crippen molar-refractivity contribution < 1.29 is 13.9 Å². The van der Waals surface area contributed by atoms with Crippen LogP contribution in [0.15, 0.2) is 90.4 Å². The zero-order valence-electron chi connectivity index (χ0n) is 16.9. The van der Waals surface area contributed by atoms with Crippen molar-refractivity contribution in [2.75, 3.05) is 11.9 Å². The molecule has 0 spiro atoms. The Balaban J connectivity index is 1.37. The minimum atomic E-state index is -0.328. The number of carbonyl (C=O) groups excluding carboxylic acids is 1. The van der Waals surface area contributed by atoms with Crippen molar-refractivity contribution in [3.05, 3.63) is 96.3 Å². The highest BCUT2D eigenvalue weighted by atomic mass is 32.1. The molecular formula is C25H18FN3O2S. The Morgan fingerprint density at radius 3 is 2.53 bits per heavy atom. The second kappa shape index (κ2) is 8.64. The summed E-state index contributed by atoms with van der Waals surface area (Å²) in [5.41, 5.74) is 3.22. The average Bonchev–Trinajstić information content (AvgIpc) is 3.42. The summed E-state index contributed by atoms with van der Waals surface area (Å²) in [5, 5.41) is 4.80. The van der Waals surface area contributed by atoms with Crippen LogP contribution in [0.4, 0.5) is 10.2 Å². The molecule has 32 heavy (non-hydrogen) atoms. The predicted octanol–water partition coefficient (Wildman–Crippen LogP) is 5.89. The number of nitrogens with one attached hydrogen (secondary N) is 1. The van der Waals surface area contributed by atoms with E-state index in [4.69, 9.17) is 4.74 Å². The molecule has 0 radical (unpaired) electrons. The van der Waals surface area contributed by atoms with Crippen LogP contribution in [0.25, 0.3) is 27.3 Å². The van der Waals surface area contributed by atoms with Gasteiger partial charge in [0.05, 0.1) is 0 Å². The fourth-order valence-corrected chi connectivity index (χ4v) is 4.19. The van der Waals surface area contributed by atoms with E-state index in [9.17, 15) is 9.18 Å². The Labute approximate surface area is 187 Å². The van der Waals surface area contributed by atoms with Crippen LogP contribution in [0.5, 0.6) is 5.75 Å². The molecule has 0 unspecified atom stereocenters. The van der Waals surface area contributed by atoms with E-state index < -0.39 is 0 Å². The number of rotatable bonds is 6. The highest BCUT2D eigenvalue weighted by molar-refractivity contribution is 7.15. The van der Waals surface area contributed by atoms with E-state index in [1.54, 1.807) is 16.5 Å². The maximum absolute atomic E-state index is 13.4. The number of fused-ring (bicyclic) bond motifs is 1. The van der Waals surface area contributed by atoms with E-state index in [1.807, 2.05) is 66.2 Å². The first kappa shape index (κ1) is 20.0. The number of ether oxygens (including phenoxy) is 1. The zero-order valence-corrected chi connectivity index (χ0v) is 17.7. The number of imidazole rings is 1. The van der Waals surface area contributed by atoms with E-state index in [1.165, 1.54) is 23.5 Å². The van der Waals surface area contributed by atoms with E-state index in [0.29, 0.717) is 22.8 Å². The van der Waals surface area contributed by atoms with Crippen LogP contribution in [0.3, 0.4) is 0 Å². The smallest absolute Gasteiger partial charge is 0.263 e. The van der Waals surface area contributed by atoms with E-state index >= 15 is 0 Å². The van der Waals surface area contributed by atoms with Crippen LogP contribution in [0.1, 0.15) is 0 Å². The van der Waals surface area contributed by atoms with Gasteiger partial charge in [-0.25, -0.2) is 9.37 Å². The van der Waals surface area contributed by atoms with Gasteiger partial charge < -0.3 is 10.1 Å². The SMILES string of the molecule is O=C(COc1ccccc1-c1ccccc1)Nc1c(-c2ccc(F)cc2)nc2sccn12. The summed E-state index contributed by atoms with van der Waals surface area (Å²) in [4.78, 5) is 18.1. The molecule has 0 atom stereocenters. The Morgan fingerprint density at radius 2 is 1.72 bits per heavy atom. The summed E-state index contributed by atoms with van der Waals surface area (Å²) in [7, 11) is 0. The van der Waals surface area contributed by atoms with Crippen molar-refractivity contribution >= 4 is 28.0 Å². The normalized spacial score (nSPS) is 10.9. The molecule has 0 fully saturated rings. The molecule has 5 nitrogen and oxygen atoms in total. The van der Waals surface area contributed by atoms with Crippen molar-refractivity contribution in [1.29, 1.82) is 0 Å². The Kier molecular flexibility index (Phi) is 5.39. The van der Waals surface area contributed by atoms with Crippen molar-refractivity contribution in [3.8, 4) is 28.1 Å². The number of halogens is 1. The number of carbonyl (C=O) groups is 1. The lowest BCUT2D eigenvalue weighted by atomic mass is 10.1. The standard InChI is InChI=1S/C25H18FN3O2S/c26-19-12-10-18(11-13-19)23-24(29-14-15-32-25(29)28-23)27-22(30)16-31-21-9-5-4-8-20(21)17-6-2-1-3-7-17/h1-15H,16H2,(H,27,30). The van der Waals surface area contributed by atoms with E-state index in [-0.39, 0.29) is 18.3 Å². The lowest BCUT2D eigenvalue weighted by molar-refractivity contribution is -0.118. The van der Waals surface area contributed by atoms with Crippen molar-refractivity contribution in [2.45, 2.75) is 0 Å². The number of benzene rings is 3. The first-order valence-corrected chi connectivity index (χ1v) is 10.9. The Hall–Kier alpha value is -3.97. The molecule has 1 amide bonds. The van der Waals surface area contributed by atoms with Gasteiger partial charge in [-0.3, -0.25) is 9.20 Å². The molecule has 5 rings (SSSR count). The molecule has 0 aliphatic heterocycles. The molecule has 5 aromatic rings. The third-order valence-corrected chi connectivity index (χ3v) is 5.72. The van der Waals surface area contributed by atoms with Crippen LogP contribution in [0.2, 0.25) is 0 Å². The number of anilines is 1. The second-order valence-electron chi connectivity index (χ2n) is 7.07. The summed E-state index contributed by atoms with van der Waals surface area (Å²) in [5.74, 6) is 0.509. The monoisotopic (exact) mass is 443 g/mol. The summed E-state index contributed by atoms with van der Waals surface area (Å²) >= 11 is 1.45. The lowest BCUT2D eigenvalue weighted by Gasteiger charge is -2.12. The number of aromatic nitrogens is 2. The number of amides is 1. The predicted molar refractivity (Wildman–Crippen MR) is 124 cm³/mol. The first-order valence-electron chi connectivity index (χ1n) is 9.97. The Bertz CT molecular complexity index is 1380. The largest absolute Gasteiger partial charge is 0.483 e. The molecular weight excluding hydrogens is 425 g/mol. The number of hydrogen-bond acceptors (Lipinski definition) is 4. The maximum Gasteiger partial charge on any atom is 0.263 e. The van der Waals surface area contributed by atoms with Crippen molar-refractivity contribution in [2.24, 2.45) is 0 Å². The molecule has 7 heteroatoms. The number of para-hydroxylation sites is 1. The summed E-state index contributed by atoms with van der Waals surface area (Å²) in [6.07, 6.45) is 1.83. The zero-order chi connectivity index (χ0) is 21.9. The van der Waals surface area contributed by atoms with Gasteiger partial charge in [0, 0.05) is 22.7 Å². The summed E-state index contributed by atoms with van der Waals surface area (Å²) in [6.45, 7) is -0.163. The third-order valence-electron chi connectivity index (χ3n) is 4.97. The van der Waals surface area contributed by atoms with Gasteiger partial charge in [0.25, 0.3) is 5.91 Å². The Morgan fingerprint density at radius 1 is 0.969 bits per heavy atom. The molecule has 2 heterocycles. The molecule has 0 aliphatic rings. The highest BCUT2D eigenvalue weighted by Gasteiger charge is 2.18. The molecule has 2 aromatic heterocycles. The third kappa shape index (κ3) is 3.98. The first-order chi connectivity index (χ1) is 15.7. The number of nitrogens with zero attached hydrogens (tertiary/aromatic N) is 2. The van der Waals surface area contributed by atoms with Gasteiger partial charge in [-0.1, -0.05) is 48.5 Å². The molecule has 0 aliphatic carbocycles. The fraction of sp³-hybridized carbons (Fsp3) is 0.0400. The molecule has 0 saturated heterocycles. The molecule has 0 bridgehead atoms. The summed E-state index contributed by atoms with van der Waals surface area (Å²) < 4.78 is 21.0. The van der Waals surface area contributed by atoms with Gasteiger partial charge in [0.2, 0.25) is 0 Å². The quantitative estimate of drug-likeness (QED) is 0.356. The van der Waals surface area contributed by atoms with Crippen LogP contribution in [-0.2, 0) is 4.79 Å². The minimum Gasteiger partial charge on any atom is -0.483 e. The van der Waals surface area contributed by atoms with Gasteiger partial charge in [0.1, 0.15) is 23.1 Å². The van der Waals surface area contributed by atoms with Gasteiger partial charge in [-0.15, -0.1) is 11.3 Å². The summed E-state index contributed by atoms with van der Waals surface area (Å²) in [6, 6.07) is 23.5. The van der Waals surface area contributed by atoms with E-state index in [2.05, 4.69) is 10.3 Å². The average molecular weight is 444 g/mol. The maximum atomic E-state index is 13.4. The highest BCUT2D eigenvalue weighted by Crippen LogP contribution is 2.32. The van der Waals surface area contributed by atoms with Crippen LogP contribution >= 0.6 is 11.3 Å². The molecule has 158 valence electrons. The minimum absolute atomic E-state index is 0.163. The second-order valence-corrected chi connectivity index (χ2v) is 7.94. The van der Waals surface area contributed by atoms with Gasteiger partial charge >= 0.3 is 0 Å². The van der Waals surface area contributed by atoms with Crippen LogP contribution in [0, 0.1) is 5.82 Å². The van der Waals surface area contributed by atoms with Crippen LogP contribution < -0.4 is 10.1 Å².